The smallest absolute Gasteiger partial charge is 0.407 e. The quantitative estimate of drug-likeness (QED) is 0.469. The highest BCUT2D eigenvalue weighted by molar-refractivity contribution is 5.86. The van der Waals surface area contributed by atoms with E-state index in [2.05, 4.69) is 18.3 Å². The normalized spacial score (nSPS) is 10.9. The van der Waals surface area contributed by atoms with Gasteiger partial charge in [-0.1, -0.05) is 32.4 Å². The number of aromatic nitrogens is 1. The summed E-state index contributed by atoms with van der Waals surface area (Å²) in [6.45, 7) is 9.00. The van der Waals surface area contributed by atoms with E-state index in [0.29, 0.717) is 33.0 Å². The van der Waals surface area contributed by atoms with Gasteiger partial charge in [0.15, 0.2) is 0 Å². The van der Waals surface area contributed by atoms with Crippen molar-refractivity contribution in [2.45, 2.75) is 59.5 Å². The van der Waals surface area contributed by atoms with Gasteiger partial charge in [0.2, 0.25) is 0 Å². The lowest BCUT2D eigenvalue weighted by Crippen LogP contribution is -2.25. The molecule has 0 aliphatic rings. The number of hydrogen-bond donors (Lipinski definition) is 1. The molecule has 2 aromatic rings. The molecule has 0 bridgehead atoms. The minimum atomic E-state index is -0.348. The number of pyridine rings is 1. The zero-order valence-corrected chi connectivity index (χ0v) is 18.0. The topological polar surface area (TPSA) is 69.7 Å². The van der Waals surface area contributed by atoms with Crippen molar-refractivity contribution >= 4 is 17.0 Å². The molecule has 0 saturated heterocycles. The third-order valence-electron chi connectivity index (χ3n) is 4.60. The number of rotatable bonds is 13. The first-order valence-electron chi connectivity index (χ1n) is 10.7. The van der Waals surface area contributed by atoms with Crippen LogP contribution in [-0.4, -0.2) is 37.4 Å². The minimum absolute atomic E-state index is 0.348. The highest BCUT2D eigenvalue weighted by Crippen LogP contribution is 2.30. The molecule has 1 heterocycles. The number of nitrogens with zero attached hydrogens (tertiary/aromatic N) is 1. The number of fused-ring (bicyclic) bond motifs is 1. The highest BCUT2D eigenvalue weighted by atomic mass is 16.5. The molecule has 0 aliphatic carbocycles. The predicted octanol–water partition coefficient (Wildman–Crippen LogP) is 5.16. The average Bonchev–Trinajstić information content (AvgIpc) is 2.73. The molecule has 6 heteroatoms. The molecular formula is C23H34N2O4. The van der Waals surface area contributed by atoms with Crippen LogP contribution in [0.15, 0.2) is 24.3 Å². The van der Waals surface area contributed by atoms with Gasteiger partial charge in [-0.3, -0.25) is 0 Å². The number of hydrogen-bond acceptors (Lipinski definition) is 5. The molecule has 0 unspecified atom stereocenters. The molecule has 0 aliphatic heterocycles. The SMILES string of the molecule is CCCCOc1c(C)c(COCCCCOC(=O)NCCC)nc2ccccc12. The first-order chi connectivity index (χ1) is 14.2. The summed E-state index contributed by atoms with van der Waals surface area (Å²) in [6.07, 6.45) is 4.28. The van der Waals surface area contributed by atoms with Gasteiger partial charge < -0.3 is 19.5 Å². The molecule has 1 amide bonds. The van der Waals surface area contributed by atoms with Gasteiger partial charge in [-0.05, 0) is 44.7 Å². The maximum atomic E-state index is 11.4. The summed E-state index contributed by atoms with van der Waals surface area (Å²) in [5.41, 5.74) is 2.87. The third kappa shape index (κ3) is 7.54. The summed E-state index contributed by atoms with van der Waals surface area (Å²) in [5, 5.41) is 3.73. The van der Waals surface area contributed by atoms with Gasteiger partial charge in [0.05, 0.1) is 31.0 Å². The monoisotopic (exact) mass is 402 g/mol. The second-order valence-electron chi connectivity index (χ2n) is 7.05. The first-order valence-corrected chi connectivity index (χ1v) is 10.7. The second-order valence-corrected chi connectivity index (χ2v) is 7.05. The number of nitrogens with one attached hydrogen (secondary N) is 1. The molecule has 0 atom stereocenters. The fourth-order valence-corrected chi connectivity index (χ4v) is 2.89. The van der Waals surface area contributed by atoms with Crippen LogP contribution in [0.5, 0.6) is 5.75 Å². The second kappa shape index (κ2) is 13.0. The Morgan fingerprint density at radius 3 is 2.62 bits per heavy atom. The van der Waals surface area contributed by atoms with E-state index in [0.717, 1.165) is 60.0 Å². The number of para-hydroxylation sites is 1. The third-order valence-corrected chi connectivity index (χ3v) is 4.60. The minimum Gasteiger partial charge on any atom is -0.493 e. The van der Waals surface area contributed by atoms with Gasteiger partial charge >= 0.3 is 6.09 Å². The standard InChI is InChI=1S/C23H34N2O4/c1-4-6-15-28-22-18(3)21(25-20-12-8-7-11-19(20)22)17-27-14-9-10-16-29-23(26)24-13-5-2/h7-8,11-12H,4-6,9-10,13-17H2,1-3H3,(H,24,26). The molecule has 0 fully saturated rings. The summed E-state index contributed by atoms with van der Waals surface area (Å²) >= 11 is 0. The molecule has 2 rings (SSSR count). The zero-order chi connectivity index (χ0) is 20.9. The Morgan fingerprint density at radius 1 is 1.03 bits per heavy atom. The number of carbonyl (C=O) groups is 1. The summed E-state index contributed by atoms with van der Waals surface area (Å²) in [6, 6.07) is 8.06. The summed E-state index contributed by atoms with van der Waals surface area (Å²) < 4.78 is 17.0. The summed E-state index contributed by atoms with van der Waals surface area (Å²) in [5.74, 6) is 0.911. The van der Waals surface area contributed by atoms with Gasteiger partial charge in [0.25, 0.3) is 0 Å². The van der Waals surface area contributed by atoms with E-state index in [1.54, 1.807) is 0 Å². The Labute approximate surface area is 173 Å². The van der Waals surface area contributed by atoms with Crippen molar-refractivity contribution in [1.82, 2.24) is 10.3 Å². The van der Waals surface area contributed by atoms with Crippen LogP contribution < -0.4 is 10.1 Å². The number of benzene rings is 1. The van der Waals surface area contributed by atoms with Crippen LogP contribution >= 0.6 is 0 Å². The van der Waals surface area contributed by atoms with Crippen LogP contribution in [0.3, 0.4) is 0 Å². The van der Waals surface area contributed by atoms with Crippen LogP contribution in [0.25, 0.3) is 10.9 Å². The molecule has 0 saturated carbocycles. The Balaban J connectivity index is 1.83. The van der Waals surface area contributed by atoms with Crippen molar-refractivity contribution in [3.05, 3.63) is 35.5 Å². The van der Waals surface area contributed by atoms with Crippen molar-refractivity contribution in [3.63, 3.8) is 0 Å². The molecule has 0 spiro atoms. The largest absolute Gasteiger partial charge is 0.493 e. The van der Waals surface area contributed by atoms with E-state index < -0.39 is 0 Å². The van der Waals surface area contributed by atoms with E-state index >= 15 is 0 Å². The van der Waals surface area contributed by atoms with E-state index in [-0.39, 0.29) is 6.09 Å². The lowest BCUT2D eigenvalue weighted by molar-refractivity contribution is 0.104. The maximum Gasteiger partial charge on any atom is 0.407 e. The van der Waals surface area contributed by atoms with Crippen LogP contribution in [0.1, 0.15) is 57.2 Å². The summed E-state index contributed by atoms with van der Waals surface area (Å²) in [4.78, 5) is 16.1. The Morgan fingerprint density at radius 2 is 1.83 bits per heavy atom. The van der Waals surface area contributed by atoms with Crippen LogP contribution in [0, 0.1) is 6.92 Å². The van der Waals surface area contributed by atoms with Crippen molar-refractivity contribution in [2.24, 2.45) is 0 Å². The van der Waals surface area contributed by atoms with E-state index in [4.69, 9.17) is 19.2 Å². The fourth-order valence-electron chi connectivity index (χ4n) is 2.89. The van der Waals surface area contributed by atoms with E-state index in [9.17, 15) is 4.79 Å². The van der Waals surface area contributed by atoms with Crippen molar-refractivity contribution in [1.29, 1.82) is 0 Å². The molecule has 1 N–H and O–H groups in total. The molecule has 0 radical (unpaired) electrons. The maximum absolute atomic E-state index is 11.4. The molecule has 6 nitrogen and oxygen atoms in total. The predicted molar refractivity (Wildman–Crippen MR) is 115 cm³/mol. The lowest BCUT2D eigenvalue weighted by atomic mass is 10.1. The van der Waals surface area contributed by atoms with Crippen LogP contribution in [0.2, 0.25) is 0 Å². The van der Waals surface area contributed by atoms with E-state index in [1.165, 1.54) is 0 Å². The number of amides is 1. The number of alkyl carbamates (subject to hydrolysis) is 1. The van der Waals surface area contributed by atoms with Gasteiger partial charge in [-0.2, -0.15) is 0 Å². The molecule has 1 aromatic heterocycles. The summed E-state index contributed by atoms with van der Waals surface area (Å²) in [7, 11) is 0. The Bertz CT molecular complexity index is 764. The Hall–Kier alpha value is -2.34. The average molecular weight is 403 g/mol. The van der Waals surface area contributed by atoms with Gasteiger partial charge in [-0.15, -0.1) is 0 Å². The number of carbonyl (C=O) groups excluding carboxylic acids is 1. The molecule has 29 heavy (non-hydrogen) atoms. The van der Waals surface area contributed by atoms with Crippen molar-refractivity contribution in [3.8, 4) is 5.75 Å². The zero-order valence-electron chi connectivity index (χ0n) is 18.0. The van der Waals surface area contributed by atoms with Crippen molar-refractivity contribution in [2.75, 3.05) is 26.4 Å². The molecule has 160 valence electrons. The van der Waals surface area contributed by atoms with Crippen LogP contribution in [0.4, 0.5) is 4.79 Å². The Kier molecular flexibility index (Phi) is 10.3. The molecule has 1 aromatic carbocycles. The van der Waals surface area contributed by atoms with Gasteiger partial charge in [0.1, 0.15) is 5.75 Å². The lowest BCUT2D eigenvalue weighted by Gasteiger charge is -2.15. The van der Waals surface area contributed by atoms with Crippen molar-refractivity contribution < 1.29 is 19.0 Å². The van der Waals surface area contributed by atoms with E-state index in [1.807, 2.05) is 32.0 Å². The first kappa shape index (κ1) is 22.9. The van der Waals surface area contributed by atoms with Gasteiger partial charge in [0, 0.05) is 24.1 Å². The highest BCUT2D eigenvalue weighted by Gasteiger charge is 2.13. The van der Waals surface area contributed by atoms with Crippen LogP contribution in [-0.2, 0) is 16.1 Å². The number of ether oxygens (including phenoxy) is 3. The fraction of sp³-hybridized carbons (Fsp3) is 0.565. The van der Waals surface area contributed by atoms with Gasteiger partial charge in [-0.25, -0.2) is 9.78 Å². The number of unbranched alkanes of at least 4 members (excludes halogenated alkanes) is 2. The molecular weight excluding hydrogens is 368 g/mol.